The normalized spacial score (nSPS) is 16.8. The lowest BCUT2D eigenvalue weighted by molar-refractivity contribution is 0.0929. The number of carbonyl (C=O) groups is 1. The minimum absolute atomic E-state index is 0.141. The van der Waals surface area contributed by atoms with Crippen LogP contribution in [0.2, 0.25) is 0 Å². The number of piperidine rings is 1. The van der Waals surface area contributed by atoms with E-state index in [2.05, 4.69) is 26.6 Å². The third-order valence-electron chi connectivity index (χ3n) is 2.86. The van der Waals surface area contributed by atoms with Crippen molar-refractivity contribution in [3.05, 3.63) is 34.1 Å². The van der Waals surface area contributed by atoms with Gasteiger partial charge in [-0.15, -0.1) is 0 Å². The Hall–Kier alpha value is -0.940. The second kappa shape index (κ2) is 5.60. The van der Waals surface area contributed by atoms with E-state index in [0.717, 1.165) is 25.9 Å². The van der Waals surface area contributed by atoms with E-state index in [9.17, 15) is 9.18 Å². The van der Waals surface area contributed by atoms with Crippen molar-refractivity contribution in [2.75, 3.05) is 13.1 Å². The van der Waals surface area contributed by atoms with Gasteiger partial charge in [-0.25, -0.2) is 4.39 Å². The molecule has 2 rings (SSSR count). The average Bonchev–Trinajstić information content (AvgIpc) is 2.34. The quantitative estimate of drug-likeness (QED) is 0.878. The maximum absolute atomic E-state index is 13.0. The molecule has 1 amide bonds. The van der Waals surface area contributed by atoms with Crippen molar-refractivity contribution < 1.29 is 9.18 Å². The number of benzene rings is 1. The number of rotatable bonds is 2. The molecule has 1 aliphatic rings. The molecular formula is C12H14BrFN2O. The minimum atomic E-state index is -0.358. The highest BCUT2D eigenvalue weighted by Crippen LogP contribution is 2.17. The summed E-state index contributed by atoms with van der Waals surface area (Å²) in [6.45, 7) is 1.86. The van der Waals surface area contributed by atoms with Gasteiger partial charge in [-0.05, 0) is 60.1 Å². The zero-order chi connectivity index (χ0) is 12.3. The van der Waals surface area contributed by atoms with Crippen LogP contribution in [0.1, 0.15) is 23.2 Å². The van der Waals surface area contributed by atoms with Crippen molar-refractivity contribution in [2.45, 2.75) is 18.9 Å². The van der Waals surface area contributed by atoms with E-state index >= 15 is 0 Å². The molecule has 0 aromatic heterocycles. The highest BCUT2D eigenvalue weighted by molar-refractivity contribution is 9.10. The Morgan fingerprint density at radius 3 is 2.76 bits per heavy atom. The summed E-state index contributed by atoms with van der Waals surface area (Å²) in [7, 11) is 0. The molecule has 0 unspecified atom stereocenters. The molecule has 0 spiro atoms. The SMILES string of the molecule is O=C(NC1CCNCC1)c1ccc(F)c(Br)c1. The second-order valence-electron chi connectivity index (χ2n) is 4.13. The molecule has 2 N–H and O–H groups in total. The van der Waals surface area contributed by atoms with Crippen LogP contribution < -0.4 is 10.6 Å². The number of hydrogen-bond acceptors (Lipinski definition) is 2. The molecule has 0 atom stereocenters. The molecule has 1 fully saturated rings. The fourth-order valence-electron chi connectivity index (χ4n) is 1.87. The molecule has 1 saturated heterocycles. The van der Waals surface area contributed by atoms with E-state index in [-0.39, 0.29) is 17.8 Å². The van der Waals surface area contributed by atoms with Gasteiger partial charge in [0.1, 0.15) is 5.82 Å². The van der Waals surface area contributed by atoms with Crippen LogP contribution in [0.15, 0.2) is 22.7 Å². The molecular weight excluding hydrogens is 287 g/mol. The Balaban J connectivity index is 2.01. The first-order valence-corrected chi connectivity index (χ1v) is 6.43. The fourth-order valence-corrected chi connectivity index (χ4v) is 2.25. The molecule has 92 valence electrons. The van der Waals surface area contributed by atoms with Gasteiger partial charge in [0.2, 0.25) is 0 Å². The Labute approximate surface area is 108 Å². The molecule has 0 radical (unpaired) electrons. The maximum atomic E-state index is 13.0. The lowest BCUT2D eigenvalue weighted by Gasteiger charge is -2.23. The molecule has 0 bridgehead atoms. The van der Waals surface area contributed by atoms with Gasteiger partial charge < -0.3 is 10.6 Å². The number of halogens is 2. The summed E-state index contributed by atoms with van der Waals surface area (Å²) in [5, 5.41) is 6.20. The predicted octanol–water partition coefficient (Wildman–Crippen LogP) is 2.07. The standard InChI is InChI=1S/C12H14BrFN2O/c13-10-7-8(1-2-11(10)14)12(17)16-9-3-5-15-6-4-9/h1-2,7,9,15H,3-6H2,(H,16,17). The van der Waals surface area contributed by atoms with Crippen molar-refractivity contribution in [1.29, 1.82) is 0 Å². The highest BCUT2D eigenvalue weighted by atomic mass is 79.9. The molecule has 1 heterocycles. The van der Waals surface area contributed by atoms with Crippen LogP contribution in [-0.2, 0) is 0 Å². The Kier molecular flexibility index (Phi) is 4.12. The zero-order valence-electron chi connectivity index (χ0n) is 9.30. The van der Waals surface area contributed by atoms with Crippen LogP contribution in [0.25, 0.3) is 0 Å². The van der Waals surface area contributed by atoms with Gasteiger partial charge >= 0.3 is 0 Å². The Morgan fingerprint density at radius 2 is 2.12 bits per heavy atom. The van der Waals surface area contributed by atoms with Crippen molar-refractivity contribution in [1.82, 2.24) is 10.6 Å². The molecule has 5 heteroatoms. The van der Waals surface area contributed by atoms with Gasteiger partial charge in [-0.2, -0.15) is 0 Å². The van der Waals surface area contributed by atoms with Gasteiger partial charge in [-0.1, -0.05) is 0 Å². The zero-order valence-corrected chi connectivity index (χ0v) is 10.9. The fraction of sp³-hybridized carbons (Fsp3) is 0.417. The topological polar surface area (TPSA) is 41.1 Å². The van der Waals surface area contributed by atoms with Crippen LogP contribution >= 0.6 is 15.9 Å². The van der Waals surface area contributed by atoms with Crippen molar-refractivity contribution in [2.24, 2.45) is 0 Å². The summed E-state index contributed by atoms with van der Waals surface area (Å²) in [5.74, 6) is -0.499. The maximum Gasteiger partial charge on any atom is 0.251 e. The van der Waals surface area contributed by atoms with Crippen LogP contribution in [0.3, 0.4) is 0 Å². The van der Waals surface area contributed by atoms with Gasteiger partial charge in [0, 0.05) is 11.6 Å². The van der Waals surface area contributed by atoms with Crippen LogP contribution in [-0.4, -0.2) is 25.0 Å². The number of carbonyl (C=O) groups excluding carboxylic acids is 1. The number of hydrogen-bond donors (Lipinski definition) is 2. The molecule has 3 nitrogen and oxygen atoms in total. The Bertz CT molecular complexity index is 419. The van der Waals surface area contributed by atoms with E-state index in [0.29, 0.717) is 10.0 Å². The number of nitrogens with one attached hydrogen (secondary N) is 2. The molecule has 0 aliphatic carbocycles. The van der Waals surface area contributed by atoms with E-state index in [1.807, 2.05) is 0 Å². The van der Waals surface area contributed by atoms with Gasteiger partial charge in [-0.3, -0.25) is 4.79 Å². The first-order valence-electron chi connectivity index (χ1n) is 5.63. The first kappa shape index (κ1) is 12.5. The molecule has 1 aliphatic heterocycles. The molecule has 0 saturated carbocycles. The van der Waals surface area contributed by atoms with E-state index in [1.165, 1.54) is 18.2 Å². The van der Waals surface area contributed by atoms with E-state index < -0.39 is 0 Å². The monoisotopic (exact) mass is 300 g/mol. The minimum Gasteiger partial charge on any atom is -0.349 e. The van der Waals surface area contributed by atoms with Crippen molar-refractivity contribution in [3.63, 3.8) is 0 Å². The highest BCUT2D eigenvalue weighted by Gasteiger charge is 2.16. The summed E-state index contributed by atoms with van der Waals surface area (Å²) in [5.41, 5.74) is 0.483. The third-order valence-corrected chi connectivity index (χ3v) is 3.46. The van der Waals surface area contributed by atoms with Gasteiger partial charge in [0.15, 0.2) is 0 Å². The largest absolute Gasteiger partial charge is 0.349 e. The van der Waals surface area contributed by atoms with Gasteiger partial charge in [0.25, 0.3) is 5.91 Å². The number of amides is 1. The van der Waals surface area contributed by atoms with Crippen LogP contribution in [0, 0.1) is 5.82 Å². The van der Waals surface area contributed by atoms with E-state index in [1.54, 1.807) is 0 Å². The molecule has 1 aromatic rings. The Morgan fingerprint density at radius 1 is 1.41 bits per heavy atom. The summed E-state index contributed by atoms with van der Waals surface area (Å²) < 4.78 is 13.3. The molecule has 17 heavy (non-hydrogen) atoms. The van der Waals surface area contributed by atoms with Crippen LogP contribution in [0.4, 0.5) is 4.39 Å². The van der Waals surface area contributed by atoms with Gasteiger partial charge in [0.05, 0.1) is 4.47 Å². The average molecular weight is 301 g/mol. The summed E-state index contributed by atoms with van der Waals surface area (Å²) in [6.07, 6.45) is 1.88. The van der Waals surface area contributed by atoms with Crippen molar-refractivity contribution >= 4 is 21.8 Å². The summed E-state index contributed by atoms with van der Waals surface area (Å²) >= 11 is 3.07. The second-order valence-corrected chi connectivity index (χ2v) is 4.98. The summed E-state index contributed by atoms with van der Waals surface area (Å²) in [6, 6.07) is 4.51. The first-order chi connectivity index (χ1) is 8.16. The van der Waals surface area contributed by atoms with Crippen LogP contribution in [0.5, 0.6) is 0 Å². The lowest BCUT2D eigenvalue weighted by Crippen LogP contribution is -2.42. The molecule has 1 aromatic carbocycles. The summed E-state index contributed by atoms with van der Waals surface area (Å²) in [4.78, 5) is 11.9. The third kappa shape index (κ3) is 3.26. The smallest absolute Gasteiger partial charge is 0.251 e. The van der Waals surface area contributed by atoms with E-state index in [4.69, 9.17) is 0 Å². The lowest BCUT2D eigenvalue weighted by atomic mass is 10.1. The van der Waals surface area contributed by atoms with Crippen molar-refractivity contribution in [3.8, 4) is 0 Å². The predicted molar refractivity (Wildman–Crippen MR) is 67.5 cm³/mol.